The Morgan fingerprint density at radius 1 is 1.13 bits per heavy atom. The van der Waals surface area contributed by atoms with Gasteiger partial charge in [-0.2, -0.15) is 0 Å². The molecule has 0 aromatic heterocycles. The molecule has 0 bridgehead atoms. The van der Waals surface area contributed by atoms with Gasteiger partial charge in [-0.1, -0.05) is 11.6 Å². The van der Waals surface area contributed by atoms with Crippen LogP contribution in [0.15, 0.2) is 48.5 Å². The fourth-order valence-corrected chi connectivity index (χ4v) is 3.36. The second kappa shape index (κ2) is 9.34. The molecule has 0 aliphatic carbocycles. The van der Waals surface area contributed by atoms with E-state index in [2.05, 4.69) is 0 Å². The summed E-state index contributed by atoms with van der Waals surface area (Å²) < 4.78 is 23.6. The molecular formula is C21H20ClFN2O5. The van der Waals surface area contributed by atoms with Crippen LogP contribution in [0.1, 0.15) is 16.8 Å². The van der Waals surface area contributed by atoms with Gasteiger partial charge in [0.25, 0.3) is 11.8 Å². The topological polar surface area (TPSA) is 76.2 Å². The molecule has 7 nitrogen and oxygen atoms in total. The van der Waals surface area contributed by atoms with Gasteiger partial charge in [-0.15, -0.1) is 0 Å². The Morgan fingerprint density at radius 2 is 1.73 bits per heavy atom. The molecule has 0 N–H and O–H groups in total. The van der Waals surface area contributed by atoms with Gasteiger partial charge in [-0.3, -0.25) is 14.4 Å². The van der Waals surface area contributed by atoms with Gasteiger partial charge in [-0.05, 0) is 48.5 Å². The van der Waals surface area contributed by atoms with Crippen molar-refractivity contribution in [3.63, 3.8) is 0 Å². The van der Waals surface area contributed by atoms with Crippen LogP contribution in [-0.2, 0) is 19.1 Å². The second-order valence-electron chi connectivity index (χ2n) is 6.63. The van der Waals surface area contributed by atoms with Gasteiger partial charge in [0.2, 0.25) is 5.91 Å². The van der Waals surface area contributed by atoms with Crippen LogP contribution in [0.4, 0.5) is 10.1 Å². The quantitative estimate of drug-likeness (QED) is 0.494. The molecule has 0 radical (unpaired) electrons. The van der Waals surface area contributed by atoms with E-state index in [1.807, 2.05) is 0 Å². The molecule has 1 aliphatic rings. The molecule has 1 heterocycles. The lowest BCUT2D eigenvalue weighted by molar-refractivity contribution is -0.128. The summed E-state index contributed by atoms with van der Waals surface area (Å²) in [6, 6.07) is 10.1. The number of imide groups is 1. The maximum atomic E-state index is 13.3. The fraction of sp³-hybridized carbons (Fsp3) is 0.286. The Bertz CT molecular complexity index is 931. The first-order valence-electron chi connectivity index (χ1n) is 9.10. The highest BCUT2D eigenvalue weighted by molar-refractivity contribution is 6.31. The molecule has 1 fully saturated rings. The first kappa shape index (κ1) is 21.9. The molecule has 1 saturated heterocycles. The molecule has 30 heavy (non-hydrogen) atoms. The number of halogens is 2. The number of carbonyl (C=O) groups excluding carboxylic acids is 3. The van der Waals surface area contributed by atoms with Crippen LogP contribution >= 0.6 is 11.6 Å². The summed E-state index contributed by atoms with van der Waals surface area (Å²) in [7, 11) is 2.80. The molecule has 0 saturated carbocycles. The molecule has 158 valence electrons. The van der Waals surface area contributed by atoms with E-state index in [1.54, 1.807) is 24.3 Å². The molecule has 2 aromatic rings. The molecule has 1 atom stereocenters. The number of amides is 3. The van der Waals surface area contributed by atoms with Crippen LogP contribution in [0.5, 0.6) is 0 Å². The third-order valence-electron chi connectivity index (χ3n) is 4.81. The number of nitrogens with zero attached hydrogens (tertiary/aromatic N) is 2. The van der Waals surface area contributed by atoms with Crippen LogP contribution in [0.3, 0.4) is 0 Å². The summed E-state index contributed by atoms with van der Waals surface area (Å²) in [5.41, 5.74) is 0.536. The van der Waals surface area contributed by atoms with Crippen LogP contribution in [0.25, 0.3) is 0 Å². The van der Waals surface area contributed by atoms with Crippen molar-refractivity contribution in [2.24, 2.45) is 0 Å². The molecular weight excluding hydrogens is 415 g/mol. The number of hydrogen-bond acceptors (Lipinski definition) is 5. The Kier molecular flexibility index (Phi) is 6.81. The number of carbonyl (C=O) groups is 3. The van der Waals surface area contributed by atoms with Crippen molar-refractivity contribution in [3.8, 4) is 0 Å². The second-order valence-corrected chi connectivity index (χ2v) is 7.07. The van der Waals surface area contributed by atoms with Crippen molar-refractivity contribution < 1.29 is 28.2 Å². The molecule has 9 heteroatoms. The zero-order valence-electron chi connectivity index (χ0n) is 16.4. The van der Waals surface area contributed by atoms with E-state index >= 15 is 0 Å². The lowest BCUT2D eigenvalue weighted by Gasteiger charge is -2.30. The summed E-state index contributed by atoms with van der Waals surface area (Å²) in [6.07, 6.45) is -1.02. The van der Waals surface area contributed by atoms with Crippen LogP contribution < -0.4 is 4.90 Å². The molecule has 0 spiro atoms. The minimum atomic E-state index is -1.06. The predicted octanol–water partition coefficient (Wildman–Crippen LogP) is 2.87. The third-order valence-corrected chi connectivity index (χ3v) is 5.06. The summed E-state index contributed by atoms with van der Waals surface area (Å²) >= 11 is 5.88. The first-order valence-corrected chi connectivity index (χ1v) is 9.48. The Balaban J connectivity index is 1.93. The number of anilines is 1. The minimum absolute atomic E-state index is 0.0959. The van der Waals surface area contributed by atoms with Crippen LogP contribution in [0, 0.1) is 5.82 Å². The number of benzene rings is 2. The number of hydrogen-bond donors (Lipinski definition) is 0. The SMILES string of the molecule is COC(CN(C(=O)c1ccc(F)cc1)C1CC(=O)N(c2ccc(Cl)cc2)C1=O)OC. The third kappa shape index (κ3) is 4.51. The summed E-state index contributed by atoms with van der Waals surface area (Å²) in [5, 5.41) is 0.463. The van der Waals surface area contributed by atoms with E-state index in [9.17, 15) is 18.8 Å². The van der Waals surface area contributed by atoms with Crippen molar-refractivity contribution >= 4 is 35.0 Å². The standard InChI is InChI=1S/C21H20ClFN2O5/c1-29-19(30-2)12-24(20(27)13-3-7-15(23)8-4-13)17-11-18(26)25(21(17)28)16-9-5-14(22)6-10-16/h3-10,17,19H,11-12H2,1-2H3. The van der Waals surface area contributed by atoms with Gasteiger partial charge < -0.3 is 14.4 Å². The fourth-order valence-electron chi connectivity index (χ4n) is 3.24. The molecule has 3 amide bonds. The van der Waals surface area contributed by atoms with Gasteiger partial charge in [0.15, 0.2) is 6.29 Å². The average Bonchev–Trinajstić information content (AvgIpc) is 3.03. The number of ether oxygens (including phenoxy) is 2. The smallest absolute Gasteiger partial charge is 0.257 e. The highest BCUT2D eigenvalue weighted by atomic mass is 35.5. The molecule has 1 unspecified atom stereocenters. The van der Waals surface area contributed by atoms with E-state index < -0.39 is 35.9 Å². The summed E-state index contributed by atoms with van der Waals surface area (Å²) in [6.45, 7) is -0.0959. The number of methoxy groups -OCH3 is 2. The van der Waals surface area contributed by atoms with Gasteiger partial charge >= 0.3 is 0 Å². The molecule has 1 aliphatic heterocycles. The highest BCUT2D eigenvalue weighted by Gasteiger charge is 2.45. The average molecular weight is 435 g/mol. The highest BCUT2D eigenvalue weighted by Crippen LogP contribution is 2.28. The predicted molar refractivity (Wildman–Crippen MR) is 108 cm³/mol. The Morgan fingerprint density at radius 3 is 2.30 bits per heavy atom. The summed E-state index contributed by atoms with van der Waals surface area (Å²) in [4.78, 5) is 41.2. The van der Waals surface area contributed by atoms with Crippen LogP contribution in [0.2, 0.25) is 5.02 Å². The maximum Gasteiger partial charge on any atom is 0.257 e. The largest absolute Gasteiger partial charge is 0.354 e. The Labute approximate surface area is 177 Å². The zero-order chi connectivity index (χ0) is 21.8. The van der Waals surface area contributed by atoms with Crippen molar-refractivity contribution in [1.82, 2.24) is 4.90 Å². The van der Waals surface area contributed by atoms with E-state index in [0.717, 1.165) is 17.0 Å². The van der Waals surface area contributed by atoms with Gasteiger partial charge in [0, 0.05) is 24.8 Å². The molecule has 3 rings (SSSR count). The van der Waals surface area contributed by atoms with Crippen LogP contribution in [-0.4, -0.2) is 55.7 Å². The van der Waals surface area contributed by atoms with Gasteiger partial charge in [0.1, 0.15) is 11.9 Å². The summed E-state index contributed by atoms with van der Waals surface area (Å²) in [5.74, 6) is -2.04. The van der Waals surface area contributed by atoms with Crippen molar-refractivity contribution in [3.05, 3.63) is 64.9 Å². The monoisotopic (exact) mass is 434 g/mol. The zero-order valence-corrected chi connectivity index (χ0v) is 17.1. The van der Waals surface area contributed by atoms with E-state index in [4.69, 9.17) is 21.1 Å². The van der Waals surface area contributed by atoms with Gasteiger partial charge in [0.05, 0.1) is 18.7 Å². The first-order chi connectivity index (χ1) is 14.3. The normalized spacial score (nSPS) is 16.4. The Hall–Kier alpha value is -2.81. The van der Waals surface area contributed by atoms with Gasteiger partial charge in [-0.25, -0.2) is 9.29 Å². The van der Waals surface area contributed by atoms with Crippen molar-refractivity contribution in [2.45, 2.75) is 18.8 Å². The maximum absolute atomic E-state index is 13.3. The van der Waals surface area contributed by atoms with E-state index in [-0.39, 0.29) is 18.5 Å². The number of rotatable bonds is 7. The lowest BCUT2D eigenvalue weighted by atomic mass is 10.1. The van der Waals surface area contributed by atoms with Crippen molar-refractivity contribution in [1.29, 1.82) is 0 Å². The van der Waals surface area contributed by atoms with Crippen molar-refractivity contribution in [2.75, 3.05) is 25.7 Å². The molecule has 2 aromatic carbocycles. The van der Waals surface area contributed by atoms with E-state index in [1.165, 1.54) is 31.3 Å². The minimum Gasteiger partial charge on any atom is -0.354 e. The van der Waals surface area contributed by atoms with E-state index in [0.29, 0.717) is 10.7 Å². The lowest BCUT2D eigenvalue weighted by Crippen LogP contribution is -2.49.